The molecule has 1 heterocycles. The van der Waals surface area contributed by atoms with Gasteiger partial charge in [0.2, 0.25) is 11.8 Å². The van der Waals surface area contributed by atoms with Gasteiger partial charge in [0.15, 0.2) is 0 Å². The van der Waals surface area contributed by atoms with Crippen LogP contribution in [-0.2, 0) is 16.1 Å². The number of nitrogens with one attached hydrogen (secondary N) is 1. The van der Waals surface area contributed by atoms with Crippen molar-refractivity contribution in [1.29, 1.82) is 0 Å². The number of likely N-dealkylation sites (N-methyl/N-ethyl adjacent to an activating group) is 1. The maximum atomic E-state index is 13.2. The number of aryl methyl sites for hydroxylation is 1. The normalized spacial score (nSPS) is 13.7. The Kier molecular flexibility index (Phi) is 7.41. The third-order valence-corrected chi connectivity index (χ3v) is 5.72. The van der Waals surface area contributed by atoms with Gasteiger partial charge in [-0.05, 0) is 37.5 Å². The Labute approximate surface area is 188 Å². The molecule has 1 N–H and O–H groups in total. The number of nitrogens with zero attached hydrogens (tertiary/aromatic N) is 2. The molecular weight excluding hydrogens is 406 g/mol. The number of carbonyl (C=O) groups is 4. The molecule has 0 aliphatic carbocycles. The topological polar surface area (TPSA) is 86.8 Å². The lowest BCUT2D eigenvalue weighted by atomic mass is 10.1. The number of rotatable bonds is 9. The summed E-state index contributed by atoms with van der Waals surface area (Å²) in [5, 5.41) is 2.64. The van der Waals surface area contributed by atoms with Crippen LogP contribution in [0, 0.1) is 6.92 Å². The average molecular weight is 436 g/mol. The van der Waals surface area contributed by atoms with Gasteiger partial charge >= 0.3 is 0 Å². The second-order valence-corrected chi connectivity index (χ2v) is 7.96. The van der Waals surface area contributed by atoms with Crippen molar-refractivity contribution in [2.75, 3.05) is 13.6 Å². The SMILES string of the molecule is CC[C@@H](C(=O)NC)N(Cc1cccc(C)c1)C(=O)CCCN1C(=O)c2ccccc2C1=O. The second kappa shape index (κ2) is 10.2. The lowest BCUT2D eigenvalue weighted by Crippen LogP contribution is -2.48. The zero-order valence-electron chi connectivity index (χ0n) is 18.8. The van der Waals surface area contributed by atoms with Crippen molar-refractivity contribution in [3.63, 3.8) is 0 Å². The van der Waals surface area contributed by atoms with Crippen LogP contribution in [0.5, 0.6) is 0 Å². The molecule has 0 spiro atoms. The van der Waals surface area contributed by atoms with Crippen molar-refractivity contribution < 1.29 is 19.2 Å². The van der Waals surface area contributed by atoms with Crippen LogP contribution in [0.2, 0.25) is 0 Å². The van der Waals surface area contributed by atoms with Crippen LogP contribution in [0.4, 0.5) is 0 Å². The highest BCUT2D eigenvalue weighted by Gasteiger charge is 2.35. The van der Waals surface area contributed by atoms with Gasteiger partial charge in [-0.1, -0.05) is 48.9 Å². The van der Waals surface area contributed by atoms with Gasteiger partial charge in [0, 0.05) is 26.6 Å². The Bertz CT molecular complexity index is 998. The fourth-order valence-electron chi connectivity index (χ4n) is 4.07. The van der Waals surface area contributed by atoms with E-state index in [2.05, 4.69) is 5.32 Å². The highest BCUT2D eigenvalue weighted by Crippen LogP contribution is 2.23. The quantitative estimate of drug-likeness (QED) is 0.614. The molecule has 3 rings (SSSR count). The van der Waals surface area contributed by atoms with Gasteiger partial charge in [-0.2, -0.15) is 0 Å². The van der Waals surface area contributed by atoms with Gasteiger partial charge in [0.1, 0.15) is 6.04 Å². The van der Waals surface area contributed by atoms with E-state index in [-0.39, 0.29) is 36.6 Å². The molecule has 0 bridgehead atoms. The lowest BCUT2D eigenvalue weighted by Gasteiger charge is -2.30. The minimum atomic E-state index is -0.590. The Morgan fingerprint density at radius 2 is 1.69 bits per heavy atom. The lowest BCUT2D eigenvalue weighted by molar-refractivity contribution is -0.141. The van der Waals surface area contributed by atoms with Crippen LogP contribution < -0.4 is 5.32 Å². The zero-order chi connectivity index (χ0) is 23.3. The molecule has 0 saturated carbocycles. The van der Waals surface area contributed by atoms with Crippen molar-refractivity contribution in [1.82, 2.24) is 15.1 Å². The maximum Gasteiger partial charge on any atom is 0.261 e. The largest absolute Gasteiger partial charge is 0.357 e. The molecule has 0 radical (unpaired) electrons. The monoisotopic (exact) mass is 435 g/mol. The average Bonchev–Trinajstić information content (AvgIpc) is 3.03. The number of amides is 4. The minimum absolute atomic E-state index is 0.132. The van der Waals surface area contributed by atoms with Gasteiger partial charge in [-0.25, -0.2) is 0 Å². The minimum Gasteiger partial charge on any atom is -0.357 e. The first kappa shape index (κ1) is 23.2. The van der Waals surface area contributed by atoms with E-state index in [0.29, 0.717) is 30.5 Å². The molecule has 0 aromatic heterocycles. The summed E-state index contributed by atoms with van der Waals surface area (Å²) in [4.78, 5) is 53.4. The summed E-state index contributed by atoms with van der Waals surface area (Å²) in [7, 11) is 1.56. The molecule has 0 saturated heterocycles. The van der Waals surface area contributed by atoms with Crippen molar-refractivity contribution >= 4 is 23.6 Å². The summed E-state index contributed by atoms with van der Waals surface area (Å²) in [6.07, 6.45) is 0.946. The summed E-state index contributed by atoms with van der Waals surface area (Å²) in [6, 6.07) is 14.0. The molecule has 0 fully saturated rings. The Morgan fingerprint density at radius 3 is 2.25 bits per heavy atom. The molecule has 7 heteroatoms. The van der Waals surface area contributed by atoms with Gasteiger partial charge in [-0.15, -0.1) is 0 Å². The molecule has 1 aliphatic rings. The standard InChI is InChI=1S/C25H29N3O4/c1-4-21(23(30)26-3)28(16-18-10-7-9-17(2)15-18)22(29)13-8-14-27-24(31)19-11-5-6-12-20(19)25(27)32/h5-7,9-12,15,21H,4,8,13-14,16H2,1-3H3,(H,26,30)/t21-/m0/s1. The Morgan fingerprint density at radius 1 is 1.03 bits per heavy atom. The van der Waals surface area contributed by atoms with E-state index >= 15 is 0 Å². The van der Waals surface area contributed by atoms with Gasteiger partial charge in [0.05, 0.1) is 11.1 Å². The third kappa shape index (κ3) is 4.88. The number of carbonyl (C=O) groups excluding carboxylic acids is 4. The maximum absolute atomic E-state index is 13.2. The van der Waals surface area contributed by atoms with Crippen molar-refractivity contribution in [3.8, 4) is 0 Å². The van der Waals surface area contributed by atoms with Crippen LogP contribution in [-0.4, -0.2) is 53.1 Å². The highest BCUT2D eigenvalue weighted by molar-refractivity contribution is 6.21. The van der Waals surface area contributed by atoms with E-state index in [9.17, 15) is 19.2 Å². The fraction of sp³-hybridized carbons (Fsp3) is 0.360. The highest BCUT2D eigenvalue weighted by atomic mass is 16.2. The number of hydrogen-bond donors (Lipinski definition) is 1. The van der Waals surface area contributed by atoms with Crippen molar-refractivity contribution in [3.05, 3.63) is 70.8 Å². The Hall–Kier alpha value is -3.48. The fourth-order valence-corrected chi connectivity index (χ4v) is 4.07. The van der Waals surface area contributed by atoms with E-state index in [4.69, 9.17) is 0 Å². The number of fused-ring (bicyclic) bond motifs is 1. The molecule has 4 amide bonds. The van der Waals surface area contributed by atoms with Crippen LogP contribution >= 0.6 is 0 Å². The third-order valence-electron chi connectivity index (χ3n) is 5.72. The molecule has 1 aliphatic heterocycles. The number of hydrogen-bond acceptors (Lipinski definition) is 4. The molecule has 7 nitrogen and oxygen atoms in total. The summed E-state index contributed by atoms with van der Waals surface area (Å²) in [6.45, 7) is 4.33. The van der Waals surface area contributed by atoms with E-state index < -0.39 is 6.04 Å². The number of benzene rings is 2. The summed E-state index contributed by atoms with van der Waals surface area (Å²) in [5.74, 6) is -1.05. The molecule has 0 unspecified atom stereocenters. The van der Waals surface area contributed by atoms with Crippen LogP contribution in [0.25, 0.3) is 0 Å². The molecule has 168 valence electrons. The van der Waals surface area contributed by atoms with E-state index in [1.807, 2.05) is 38.1 Å². The molecule has 1 atom stereocenters. The van der Waals surface area contributed by atoms with Gasteiger partial charge < -0.3 is 10.2 Å². The summed E-state index contributed by atoms with van der Waals surface area (Å²) < 4.78 is 0. The van der Waals surface area contributed by atoms with Crippen molar-refractivity contribution in [2.45, 2.75) is 45.7 Å². The van der Waals surface area contributed by atoms with Crippen LogP contribution in [0.15, 0.2) is 48.5 Å². The van der Waals surface area contributed by atoms with Crippen molar-refractivity contribution in [2.24, 2.45) is 0 Å². The zero-order valence-corrected chi connectivity index (χ0v) is 18.8. The predicted molar refractivity (Wildman–Crippen MR) is 121 cm³/mol. The molecular formula is C25H29N3O4. The summed E-state index contributed by atoms with van der Waals surface area (Å²) in [5.41, 5.74) is 2.82. The van der Waals surface area contributed by atoms with Gasteiger partial charge in [-0.3, -0.25) is 24.1 Å². The molecule has 2 aromatic rings. The predicted octanol–water partition coefficient (Wildman–Crippen LogP) is 2.92. The second-order valence-electron chi connectivity index (χ2n) is 7.96. The van der Waals surface area contributed by atoms with Crippen LogP contribution in [0.1, 0.15) is 58.0 Å². The first-order chi connectivity index (χ1) is 15.4. The smallest absolute Gasteiger partial charge is 0.261 e. The first-order valence-corrected chi connectivity index (χ1v) is 10.9. The van der Waals surface area contributed by atoms with Gasteiger partial charge in [0.25, 0.3) is 11.8 Å². The van der Waals surface area contributed by atoms with E-state index in [0.717, 1.165) is 11.1 Å². The van der Waals surface area contributed by atoms with E-state index in [1.165, 1.54) is 4.90 Å². The number of imide groups is 1. The Balaban J connectivity index is 1.69. The molecule has 2 aromatic carbocycles. The first-order valence-electron chi connectivity index (χ1n) is 10.9. The van der Waals surface area contributed by atoms with E-state index in [1.54, 1.807) is 36.2 Å². The summed E-state index contributed by atoms with van der Waals surface area (Å²) >= 11 is 0. The van der Waals surface area contributed by atoms with Crippen LogP contribution in [0.3, 0.4) is 0 Å². The molecule has 32 heavy (non-hydrogen) atoms.